The van der Waals surface area contributed by atoms with E-state index in [9.17, 15) is 0 Å². The van der Waals surface area contributed by atoms with Gasteiger partial charge < -0.3 is 14.8 Å². The number of ether oxygens (including phenoxy) is 2. The molecule has 0 bridgehead atoms. The zero-order valence-corrected chi connectivity index (χ0v) is 11.0. The van der Waals surface area contributed by atoms with Crippen LogP contribution in [0.5, 0.6) is 5.75 Å². The SMILES string of the molecule is CNCc1cccc(OCCN2CCOCC2)c1. The summed E-state index contributed by atoms with van der Waals surface area (Å²) in [6.07, 6.45) is 0. The van der Waals surface area contributed by atoms with Gasteiger partial charge in [0.2, 0.25) is 0 Å². The molecule has 0 amide bonds. The van der Waals surface area contributed by atoms with Crippen molar-refractivity contribution in [2.75, 3.05) is 46.5 Å². The predicted molar refractivity (Wildman–Crippen MR) is 72.0 cm³/mol. The van der Waals surface area contributed by atoms with E-state index < -0.39 is 0 Å². The predicted octanol–water partition coefficient (Wildman–Crippen LogP) is 1.12. The third-order valence-electron chi connectivity index (χ3n) is 3.06. The van der Waals surface area contributed by atoms with Gasteiger partial charge >= 0.3 is 0 Å². The third kappa shape index (κ3) is 4.29. The van der Waals surface area contributed by atoms with Crippen LogP contribution in [-0.4, -0.2) is 51.4 Å². The average Bonchev–Trinajstić information content (AvgIpc) is 2.41. The van der Waals surface area contributed by atoms with Crippen LogP contribution in [0.4, 0.5) is 0 Å². The van der Waals surface area contributed by atoms with E-state index in [2.05, 4.69) is 22.3 Å². The number of hydrogen-bond acceptors (Lipinski definition) is 4. The number of rotatable bonds is 6. The summed E-state index contributed by atoms with van der Waals surface area (Å²) >= 11 is 0. The third-order valence-corrected chi connectivity index (χ3v) is 3.06. The van der Waals surface area contributed by atoms with E-state index in [-0.39, 0.29) is 0 Å². The van der Waals surface area contributed by atoms with Crippen molar-refractivity contribution in [2.45, 2.75) is 6.54 Å². The Bertz CT molecular complexity index is 351. The lowest BCUT2D eigenvalue weighted by Gasteiger charge is -2.26. The molecule has 1 aromatic carbocycles. The highest BCUT2D eigenvalue weighted by atomic mass is 16.5. The molecule has 1 saturated heterocycles. The van der Waals surface area contributed by atoms with Crippen molar-refractivity contribution in [2.24, 2.45) is 0 Å². The Morgan fingerprint density at radius 2 is 2.17 bits per heavy atom. The average molecular weight is 250 g/mol. The molecule has 1 fully saturated rings. The number of morpholine rings is 1. The number of benzene rings is 1. The van der Waals surface area contributed by atoms with Gasteiger partial charge in [0.1, 0.15) is 12.4 Å². The van der Waals surface area contributed by atoms with Crippen molar-refractivity contribution in [1.29, 1.82) is 0 Å². The second kappa shape index (κ2) is 7.36. The Balaban J connectivity index is 1.73. The number of nitrogens with zero attached hydrogens (tertiary/aromatic N) is 1. The van der Waals surface area contributed by atoms with E-state index in [1.807, 2.05) is 19.2 Å². The molecule has 100 valence electrons. The Morgan fingerprint density at radius 3 is 2.94 bits per heavy atom. The van der Waals surface area contributed by atoms with Crippen LogP contribution in [0.2, 0.25) is 0 Å². The minimum absolute atomic E-state index is 0.739. The maximum atomic E-state index is 5.79. The van der Waals surface area contributed by atoms with Crippen LogP contribution in [0, 0.1) is 0 Å². The Labute approximate surface area is 109 Å². The molecule has 2 rings (SSSR count). The van der Waals surface area contributed by atoms with Gasteiger partial charge in [-0.15, -0.1) is 0 Å². The summed E-state index contributed by atoms with van der Waals surface area (Å²) in [5, 5.41) is 3.14. The number of nitrogens with one attached hydrogen (secondary N) is 1. The van der Waals surface area contributed by atoms with Crippen molar-refractivity contribution in [1.82, 2.24) is 10.2 Å². The van der Waals surface area contributed by atoms with Gasteiger partial charge in [0.05, 0.1) is 13.2 Å². The highest BCUT2D eigenvalue weighted by Crippen LogP contribution is 2.13. The van der Waals surface area contributed by atoms with Gasteiger partial charge in [-0.25, -0.2) is 0 Å². The van der Waals surface area contributed by atoms with E-state index in [0.717, 1.165) is 51.7 Å². The van der Waals surface area contributed by atoms with Gasteiger partial charge in [-0.1, -0.05) is 12.1 Å². The monoisotopic (exact) mass is 250 g/mol. The molecule has 1 aliphatic heterocycles. The van der Waals surface area contributed by atoms with Crippen molar-refractivity contribution in [3.8, 4) is 5.75 Å². The molecule has 0 spiro atoms. The molecule has 0 aromatic heterocycles. The van der Waals surface area contributed by atoms with E-state index >= 15 is 0 Å². The molecular formula is C14H22N2O2. The fourth-order valence-corrected chi connectivity index (χ4v) is 2.07. The summed E-state index contributed by atoms with van der Waals surface area (Å²) < 4.78 is 11.1. The van der Waals surface area contributed by atoms with E-state index in [1.54, 1.807) is 0 Å². The Hall–Kier alpha value is -1.10. The van der Waals surface area contributed by atoms with Crippen LogP contribution < -0.4 is 10.1 Å². The first-order chi connectivity index (χ1) is 8.88. The minimum Gasteiger partial charge on any atom is -0.492 e. The summed E-state index contributed by atoms with van der Waals surface area (Å²) in [5.41, 5.74) is 1.25. The van der Waals surface area contributed by atoms with Crippen LogP contribution in [0.15, 0.2) is 24.3 Å². The summed E-state index contributed by atoms with van der Waals surface area (Å²) in [6, 6.07) is 8.25. The van der Waals surface area contributed by atoms with Crippen molar-refractivity contribution >= 4 is 0 Å². The second-order valence-corrected chi connectivity index (χ2v) is 4.48. The molecule has 1 aromatic rings. The van der Waals surface area contributed by atoms with E-state index in [1.165, 1.54) is 5.56 Å². The van der Waals surface area contributed by atoms with Crippen molar-refractivity contribution in [3.05, 3.63) is 29.8 Å². The molecule has 4 heteroatoms. The van der Waals surface area contributed by atoms with Crippen LogP contribution in [0.25, 0.3) is 0 Å². The standard InChI is InChI=1S/C14H22N2O2/c1-15-12-13-3-2-4-14(11-13)18-10-7-16-5-8-17-9-6-16/h2-4,11,15H,5-10,12H2,1H3. The summed E-state index contributed by atoms with van der Waals surface area (Å²) in [5.74, 6) is 0.955. The van der Waals surface area contributed by atoms with Crippen molar-refractivity contribution < 1.29 is 9.47 Å². The molecular weight excluding hydrogens is 228 g/mol. The first kappa shape index (κ1) is 13.3. The van der Waals surface area contributed by atoms with Gasteiger partial charge in [0.15, 0.2) is 0 Å². The first-order valence-corrected chi connectivity index (χ1v) is 6.55. The quantitative estimate of drug-likeness (QED) is 0.820. The molecule has 0 unspecified atom stereocenters. The van der Waals surface area contributed by atoms with Crippen LogP contribution in [0.3, 0.4) is 0 Å². The Kier molecular flexibility index (Phi) is 5.45. The lowest BCUT2D eigenvalue weighted by atomic mass is 10.2. The molecule has 1 heterocycles. The summed E-state index contributed by atoms with van der Waals surface area (Å²) in [7, 11) is 1.95. The second-order valence-electron chi connectivity index (χ2n) is 4.48. The Morgan fingerprint density at radius 1 is 1.33 bits per heavy atom. The van der Waals surface area contributed by atoms with Gasteiger partial charge in [-0.05, 0) is 24.7 Å². The number of hydrogen-bond donors (Lipinski definition) is 1. The molecule has 0 radical (unpaired) electrons. The van der Waals surface area contributed by atoms with Gasteiger partial charge in [-0.2, -0.15) is 0 Å². The molecule has 1 N–H and O–H groups in total. The van der Waals surface area contributed by atoms with Gasteiger partial charge in [-0.3, -0.25) is 4.90 Å². The molecule has 18 heavy (non-hydrogen) atoms. The highest BCUT2D eigenvalue weighted by Gasteiger charge is 2.09. The summed E-state index contributed by atoms with van der Waals surface area (Å²) in [4.78, 5) is 2.38. The van der Waals surface area contributed by atoms with Crippen LogP contribution in [-0.2, 0) is 11.3 Å². The van der Waals surface area contributed by atoms with Crippen molar-refractivity contribution in [3.63, 3.8) is 0 Å². The largest absolute Gasteiger partial charge is 0.492 e. The van der Waals surface area contributed by atoms with E-state index in [4.69, 9.17) is 9.47 Å². The molecule has 0 atom stereocenters. The van der Waals surface area contributed by atoms with Crippen LogP contribution >= 0.6 is 0 Å². The lowest BCUT2D eigenvalue weighted by molar-refractivity contribution is 0.0322. The molecule has 1 aliphatic rings. The zero-order valence-electron chi connectivity index (χ0n) is 11.0. The molecule has 4 nitrogen and oxygen atoms in total. The summed E-state index contributed by atoms with van der Waals surface area (Å²) in [6.45, 7) is 6.31. The fourth-order valence-electron chi connectivity index (χ4n) is 2.07. The highest BCUT2D eigenvalue weighted by molar-refractivity contribution is 5.28. The first-order valence-electron chi connectivity index (χ1n) is 6.55. The maximum absolute atomic E-state index is 5.79. The smallest absolute Gasteiger partial charge is 0.119 e. The van der Waals surface area contributed by atoms with E-state index in [0.29, 0.717) is 0 Å². The minimum atomic E-state index is 0.739. The van der Waals surface area contributed by atoms with Gasteiger partial charge in [0.25, 0.3) is 0 Å². The fraction of sp³-hybridized carbons (Fsp3) is 0.571. The topological polar surface area (TPSA) is 33.7 Å². The molecule has 0 aliphatic carbocycles. The van der Waals surface area contributed by atoms with Crippen LogP contribution in [0.1, 0.15) is 5.56 Å². The molecule has 0 saturated carbocycles. The maximum Gasteiger partial charge on any atom is 0.119 e. The van der Waals surface area contributed by atoms with Gasteiger partial charge in [0, 0.05) is 26.2 Å². The lowest BCUT2D eigenvalue weighted by Crippen LogP contribution is -2.38. The normalized spacial score (nSPS) is 16.7. The zero-order chi connectivity index (χ0) is 12.6.